The van der Waals surface area contributed by atoms with Gasteiger partial charge in [0.1, 0.15) is 11.8 Å². The van der Waals surface area contributed by atoms with Gasteiger partial charge in [-0.25, -0.2) is 0 Å². The Bertz CT molecular complexity index is 522. The van der Waals surface area contributed by atoms with Crippen molar-refractivity contribution in [3.05, 3.63) is 54.1 Å². The van der Waals surface area contributed by atoms with Gasteiger partial charge in [0.2, 0.25) is 0 Å². The number of nitrogens with two attached hydrogens (primary N) is 1. The smallest absolute Gasteiger partial charge is 0.120 e. The highest BCUT2D eigenvalue weighted by molar-refractivity contribution is 5.28. The third-order valence-electron chi connectivity index (χ3n) is 2.74. The Hall–Kier alpha value is -2.12. The van der Waals surface area contributed by atoms with Crippen LogP contribution in [0.2, 0.25) is 0 Å². The van der Waals surface area contributed by atoms with Crippen LogP contribution in [0.3, 0.4) is 0 Å². The van der Waals surface area contributed by atoms with E-state index < -0.39 is 0 Å². The van der Waals surface area contributed by atoms with Crippen molar-refractivity contribution in [1.82, 2.24) is 9.55 Å². The third kappa shape index (κ3) is 2.19. The molecule has 0 aliphatic carbocycles. The van der Waals surface area contributed by atoms with E-state index in [1.165, 1.54) is 0 Å². The quantitative estimate of drug-likeness (QED) is 0.866. The SMILES string of the molecule is CC(N)C(c1ccncc1)n1cccc1C#N. The first-order chi connectivity index (χ1) is 8.24. The Morgan fingerprint density at radius 3 is 2.65 bits per heavy atom. The highest BCUT2D eigenvalue weighted by atomic mass is 15.0. The van der Waals surface area contributed by atoms with Gasteiger partial charge in [0.05, 0.1) is 6.04 Å². The highest BCUT2D eigenvalue weighted by Crippen LogP contribution is 2.22. The van der Waals surface area contributed by atoms with E-state index in [-0.39, 0.29) is 12.1 Å². The van der Waals surface area contributed by atoms with Crippen molar-refractivity contribution in [2.24, 2.45) is 5.73 Å². The molecule has 2 aromatic rings. The minimum atomic E-state index is -0.0862. The van der Waals surface area contributed by atoms with Crippen LogP contribution in [0.4, 0.5) is 0 Å². The molecule has 0 bridgehead atoms. The molecule has 0 amide bonds. The normalized spacial score (nSPS) is 13.9. The van der Waals surface area contributed by atoms with Gasteiger partial charge in [-0.1, -0.05) is 0 Å². The summed E-state index contributed by atoms with van der Waals surface area (Å²) in [6.07, 6.45) is 5.35. The van der Waals surface area contributed by atoms with Crippen LogP contribution >= 0.6 is 0 Å². The lowest BCUT2D eigenvalue weighted by molar-refractivity contribution is 0.494. The molecule has 86 valence electrons. The van der Waals surface area contributed by atoms with Gasteiger partial charge in [-0.2, -0.15) is 5.26 Å². The number of hydrogen-bond acceptors (Lipinski definition) is 3. The molecule has 2 rings (SSSR count). The molecule has 2 aromatic heterocycles. The number of pyridine rings is 1. The topological polar surface area (TPSA) is 67.6 Å². The van der Waals surface area contributed by atoms with E-state index in [0.29, 0.717) is 5.69 Å². The van der Waals surface area contributed by atoms with Gasteiger partial charge in [0.25, 0.3) is 0 Å². The number of rotatable bonds is 3. The van der Waals surface area contributed by atoms with Crippen molar-refractivity contribution in [1.29, 1.82) is 5.26 Å². The van der Waals surface area contributed by atoms with Crippen LogP contribution in [0.15, 0.2) is 42.9 Å². The van der Waals surface area contributed by atoms with Crippen LogP contribution in [0, 0.1) is 11.3 Å². The van der Waals surface area contributed by atoms with Crippen LogP contribution in [-0.4, -0.2) is 15.6 Å². The molecule has 0 fully saturated rings. The van der Waals surface area contributed by atoms with E-state index >= 15 is 0 Å². The molecule has 2 atom stereocenters. The van der Waals surface area contributed by atoms with Crippen molar-refractivity contribution < 1.29 is 0 Å². The maximum atomic E-state index is 9.06. The molecule has 0 aliphatic rings. The Balaban J connectivity index is 2.48. The van der Waals surface area contributed by atoms with E-state index in [1.807, 2.05) is 35.9 Å². The third-order valence-corrected chi connectivity index (χ3v) is 2.74. The van der Waals surface area contributed by atoms with Crippen LogP contribution in [0.1, 0.15) is 24.2 Å². The van der Waals surface area contributed by atoms with E-state index in [4.69, 9.17) is 11.0 Å². The molecule has 4 heteroatoms. The van der Waals surface area contributed by atoms with Crippen LogP contribution in [0.5, 0.6) is 0 Å². The molecule has 0 saturated heterocycles. The number of hydrogen-bond donors (Lipinski definition) is 1. The molecule has 2 N–H and O–H groups in total. The Kier molecular flexibility index (Phi) is 3.22. The first-order valence-corrected chi connectivity index (χ1v) is 5.46. The monoisotopic (exact) mass is 226 g/mol. The molecule has 0 radical (unpaired) electrons. The predicted molar refractivity (Wildman–Crippen MR) is 65.2 cm³/mol. The molecular weight excluding hydrogens is 212 g/mol. The lowest BCUT2D eigenvalue weighted by Crippen LogP contribution is -2.30. The molecule has 0 aromatic carbocycles. The lowest BCUT2D eigenvalue weighted by Gasteiger charge is -2.24. The fraction of sp³-hybridized carbons (Fsp3) is 0.231. The molecule has 0 saturated carbocycles. The number of aromatic nitrogens is 2. The molecule has 0 aliphatic heterocycles. The van der Waals surface area contributed by atoms with Gasteiger partial charge in [0, 0.05) is 24.6 Å². The highest BCUT2D eigenvalue weighted by Gasteiger charge is 2.19. The standard InChI is InChI=1S/C13H14N4/c1-10(15)13(11-4-6-16-7-5-11)17-8-2-3-12(17)9-14/h2-8,10,13H,15H2,1H3. The molecule has 0 spiro atoms. The van der Waals surface area contributed by atoms with Gasteiger partial charge in [-0.3, -0.25) is 4.98 Å². The second kappa shape index (κ2) is 4.81. The number of nitriles is 1. The summed E-state index contributed by atoms with van der Waals surface area (Å²) >= 11 is 0. The summed E-state index contributed by atoms with van der Waals surface area (Å²) in [5, 5.41) is 9.06. The molecular formula is C13H14N4. The summed E-state index contributed by atoms with van der Waals surface area (Å²) in [7, 11) is 0. The molecule has 2 heterocycles. The zero-order valence-electron chi connectivity index (χ0n) is 9.62. The van der Waals surface area contributed by atoms with Gasteiger partial charge < -0.3 is 10.3 Å². The summed E-state index contributed by atoms with van der Waals surface area (Å²) in [6.45, 7) is 1.94. The maximum Gasteiger partial charge on any atom is 0.120 e. The Morgan fingerprint density at radius 1 is 1.35 bits per heavy atom. The van der Waals surface area contributed by atoms with Crippen LogP contribution < -0.4 is 5.73 Å². The van der Waals surface area contributed by atoms with Gasteiger partial charge in [0.15, 0.2) is 0 Å². The van der Waals surface area contributed by atoms with Crippen LogP contribution in [-0.2, 0) is 0 Å². The zero-order valence-corrected chi connectivity index (χ0v) is 9.62. The zero-order chi connectivity index (χ0) is 12.3. The second-order valence-electron chi connectivity index (χ2n) is 4.00. The minimum absolute atomic E-state index is 0.0392. The van der Waals surface area contributed by atoms with E-state index in [2.05, 4.69) is 11.1 Å². The fourth-order valence-corrected chi connectivity index (χ4v) is 2.01. The first kappa shape index (κ1) is 11.4. The Morgan fingerprint density at radius 2 is 2.06 bits per heavy atom. The van der Waals surface area contributed by atoms with Gasteiger partial charge in [-0.05, 0) is 36.8 Å². The summed E-state index contributed by atoms with van der Waals surface area (Å²) in [5.41, 5.74) is 7.71. The molecule has 4 nitrogen and oxygen atoms in total. The van der Waals surface area contributed by atoms with Crippen molar-refractivity contribution in [3.8, 4) is 6.07 Å². The van der Waals surface area contributed by atoms with Gasteiger partial charge in [-0.15, -0.1) is 0 Å². The van der Waals surface area contributed by atoms with Crippen molar-refractivity contribution in [2.45, 2.75) is 19.0 Å². The van der Waals surface area contributed by atoms with E-state index in [1.54, 1.807) is 18.5 Å². The molecule has 2 unspecified atom stereocenters. The first-order valence-electron chi connectivity index (χ1n) is 5.46. The van der Waals surface area contributed by atoms with E-state index in [0.717, 1.165) is 5.56 Å². The summed E-state index contributed by atoms with van der Waals surface area (Å²) in [5.74, 6) is 0. The van der Waals surface area contributed by atoms with Crippen molar-refractivity contribution in [3.63, 3.8) is 0 Å². The fourth-order valence-electron chi connectivity index (χ4n) is 2.01. The predicted octanol–water partition coefficient (Wildman–Crippen LogP) is 1.69. The average Bonchev–Trinajstić information content (AvgIpc) is 2.78. The van der Waals surface area contributed by atoms with Crippen LogP contribution in [0.25, 0.3) is 0 Å². The second-order valence-corrected chi connectivity index (χ2v) is 4.00. The minimum Gasteiger partial charge on any atom is -0.330 e. The largest absolute Gasteiger partial charge is 0.330 e. The maximum absolute atomic E-state index is 9.06. The van der Waals surface area contributed by atoms with Crippen molar-refractivity contribution in [2.75, 3.05) is 0 Å². The van der Waals surface area contributed by atoms with E-state index in [9.17, 15) is 0 Å². The summed E-state index contributed by atoms with van der Waals surface area (Å²) in [6, 6.07) is 9.54. The Labute approximate surface area is 100 Å². The number of nitrogens with zero attached hydrogens (tertiary/aromatic N) is 3. The summed E-state index contributed by atoms with van der Waals surface area (Å²) in [4.78, 5) is 4.00. The molecule has 17 heavy (non-hydrogen) atoms. The lowest BCUT2D eigenvalue weighted by atomic mass is 10.0. The van der Waals surface area contributed by atoms with Crippen molar-refractivity contribution >= 4 is 0 Å². The summed E-state index contributed by atoms with van der Waals surface area (Å²) < 4.78 is 1.90. The average molecular weight is 226 g/mol. The van der Waals surface area contributed by atoms with Gasteiger partial charge >= 0.3 is 0 Å².